The molecule has 0 saturated carbocycles. The summed E-state index contributed by atoms with van der Waals surface area (Å²) in [6.45, 7) is 3.86. The van der Waals surface area contributed by atoms with E-state index in [1.807, 2.05) is 54.6 Å². The van der Waals surface area contributed by atoms with E-state index in [4.69, 9.17) is 18.9 Å². The van der Waals surface area contributed by atoms with Gasteiger partial charge < -0.3 is 34.5 Å². The zero-order valence-electron chi connectivity index (χ0n) is 21.4. The maximum absolute atomic E-state index is 13.4. The Kier molecular flexibility index (Phi) is 8.14. The van der Waals surface area contributed by atoms with Crippen LogP contribution in [-0.2, 0) is 16.0 Å². The van der Waals surface area contributed by atoms with E-state index < -0.39 is 30.2 Å². The van der Waals surface area contributed by atoms with E-state index in [9.17, 15) is 15.0 Å². The number of aliphatic hydroxyl groups is 2. The van der Waals surface area contributed by atoms with Crippen LogP contribution in [0.4, 0.5) is 0 Å². The maximum atomic E-state index is 13.4. The summed E-state index contributed by atoms with van der Waals surface area (Å²) in [5, 5.41) is 24.2. The van der Waals surface area contributed by atoms with Gasteiger partial charge in [0.05, 0.1) is 18.3 Å². The predicted octanol–water partition coefficient (Wildman–Crippen LogP) is 3.54. The molecule has 1 aliphatic rings. The molecule has 3 aromatic rings. The highest BCUT2D eigenvalue weighted by atomic mass is 16.7. The molecule has 1 amide bonds. The van der Waals surface area contributed by atoms with Crippen LogP contribution in [0, 0.1) is 0 Å². The van der Waals surface area contributed by atoms with Crippen molar-refractivity contribution in [2.75, 3.05) is 14.2 Å². The molecule has 0 unspecified atom stereocenters. The number of aliphatic hydroxyl groups excluding tert-OH is 2. The molecule has 8 nitrogen and oxygen atoms in total. The smallest absolute Gasteiger partial charge is 0.252 e. The quantitative estimate of drug-likeness (QED) is 0.428. The first-order valence-electron chi connectivity index (χ1n) is 12.1. The summed E-state index contributed by atoms with van der Waals surface area (Å²) in [4.78, 5) is 13.4. The highest BCUT2D eigenvalue weighted by molar-refractivity contribution is 6.01. The minimum absolute atomic E-state index is 0.287. The standard InChI is InChI=1S/C29H33NO7/c1-29(2)26(35-4)24(31)25(32)28(37-29)36-21-14-15-22(19-10-12-20(34-3)13-11-19)23(16-21)27(33)30-17-18-8-6-5-7-9-18/h5-16,24-26,28,31-32H,17H2,1-4H3,(H,30,33)/t24-,25+,26-,28-/m0/s1. The Hall–Kier alpha value is -3.43. The van der Waals surface area contributed by atoms with Crippen LogP contribution in [0.25, 0.3) is 11.1 Å². The fourth-order valence-electron chi connectivity index (χ4n) is 4.52. The van der Waals surface area contributed by atoms with E-state index in [1.165, 1.54) is 7.11 Å². The summed E-state index contributed by atoms with van der Waals surface area (Å²) in [5.41, 5.74) is 1.96. The average molecular weight is 508 g/mol. The number of nitrogens with one attached hydrogen (secondary N) is 1. The van der Waals surface area contributed by atoms with Crippen LogP contribution in [-0.4, -0.2) is 60.5 Å². The van der Waals surface area contributed by atoms with Gasteiger partial charge in [0, 0.05) is 13.7 Å². The number of hydrogen-bond donors (Lipinski definition) is 3. The third kappa shape index (κ3) is 5.94. The number of ether oxygens (including phenoxy) is 4. The molecule has 0 radical (unpaired) electrons. The van der Waals surface area contributed by atoms with Crippen molar-refractivity contribution in [2.24, 2.45) is 0 Å². The second kappa shape index (κ2) is 11.3. The van der Waals surface area contributed by atoms with Crippen molar-refractivity contribution in [2.45, 2.75) is 50.6 Å². The van der Waals surface area contributed by atoms with Gasteiger partial charge in [0.1, 0.15) is 29.8 Å². The number of carbonyl (C=O) groups is 1. The minimum Gasteiger partial charge on any atom is -0.497 e. The largest absolute Gasteiger partial charge is 0.497 e. The number of benzene rings is 3. The molecule has 0 aromatic heterocycles. The van der Waals surface area contributed by atoms with Gasteiger partial charge in [-0.1, -0.05) is 42.5 Å². The van der Waals surface area contributed by atoms with Crippen LogP contribution in [0.3, 0.4) is 0 Å². The molecular formula is C29H33NO7. The van der Waals surface area contributed by atoms with Crippen molar-refractivity contribution < 1.29 is 34.0 Å². The summed E-state index contributed by atoms with van der Waals surface area (Å²) >= 11 is 0. The number of amides is 1. The van der Waals surface area contributed by atoms with E-state index in [2.05, 4.69) is 5.32 Å². The number of hydrogen-bond acceptors (Lipinski definition) is 7. The van der Waals surface area contributed by atoms with Gasteiger partial charge in [-0.15, -0.1) is 0 Å². The fourth-order valence-corrected chi connectivity index (χ4v) is 4.52. The van der Waals surface area contributed by atoms with Gasteiger partial charge in [-0.25, -0.2) is 0 Å². The Labute approximate surface area is 216 Å². The fraction of sp³-hybridized carbons (Fsp3) is 0.345. The summed E-state index contributed by atoms with van der Waals surface area (Å²) < 4.78 is 22.5. The summed E-state index contributed by atoms with van der Waals surface area (Å²) in [6.07, 6.45) is -4.47. The zero-order chi connectivity index (χ0) is 26.6. The lowest BCUT2D eigenvalue weighted by Crippen LogP contribution is -2.63. The first-order valence-corrected chi connectivity index (χ1v) is 12.1. The van der Waals surface area contributed by atoms with E-state index in [-0.39, 0.29) is 5.91 Å². The molecule has 0 spiro atoms. The zero-order valence-corrected chi connectivity index (χ0v) is 21.4. The Morgan fingerprint density at radius 2 is 1.62 bits per heavy atom. The Balaban J connectivity index is 1.63. The number of carbonyl (C=O) groups excluding carboxylic acids is 1. The van der Waals surface area contributed by atoms with Crippen molar-refractivity contribution in [3.63, 3.8) is 0 Å². The SMILES string of the molecule is COc1ccc(-c2ccc(O[C@H]3OC(C)(C)[C@@H](OC)[C@@H](O)[C@H]3O)cc2C(=O)NCc2ccccc2)cc1. The molecule has 3 N–H and O–H groups in total. The molecule has 1 aliphatic heterocycles. The molecular weight excluding hydrogens is 474 g/mol. The Morgan fingerprint density at radius 3 is 2.27 bits per heavy atom. The van der Waals surface area contributed by atoms with Crippen LogP contribution in [0.5, 0.6) is 11.5 Å². The van der Waals surface area contributed by atoms with Crippen molar-refractivity contribution in [1.29, 1.82) is 0 Å². The lowest BCUT2D eigenvalue weighted by molar-refractivity contribution is -0.305. The average Bonchev–Trinajstić information content (AvgIpc) is 2.91. The van der Waals surface area contributed by atoms with Gasteiger partial charge in [0.25, 0.3) is 5.91 Å². The first-order chi connectivity index (χ1) is 17.7. The van der Waals surface area contributed by atoms with Crippen LogP contribution in [0.1, 0.15) is 29.8 Å². The van der Waals surface area contributed by atoms with E-state index in [0.717, 1.165) is 11.1 Å². The molecule has 196 valence electrons. The van der Waals surface area contributed by atoms with Gasteiger partial charge >= 0.3 is 0 Å². The third-order valence-corrected chi connectivity index (χ3v) is 6.48. The molecule has 4 atom stereocenters. The molecule has 3 aromatic carbocycles. The Bertz CT molecular complexity index is 1200. The van der Waals surface area contributed by atoms with Gasteiger partial charge in [-0.3, -0.25) is 4.79 Å². The van der Waals surface area contributed by atoms with Crippen molar-refractivity contribution in [3.05, 3.63) is 83.9 Å². The second-order valence-electron chi connectivity index (χ2n) is 9.45. The van der Waals surface area contributed by atoms with Gasteiger partial charge in [-0.05, 0) is 60.9 Å². The third-order valence-electron chi connectivity index (χ3n) is 6.48. The summed E-state index contributed by atoms with van der Waals surface area (Å²) in [7, 11) is 3.05. The normalized spacial score (nSPS) is 22.8. The maximum Gasteiger partial charge on any atom is 0.252 e. The van der Waals surface area contributed by atoms with Crippen molar-refractivity contribution in [1.82, 2.24) is 5.32 Å². The van der Waals surface area contributed by atoms with Gasteiger partial charge in [0.15, 0.2) is 0 Å². The molecule has 1 saturated heterocycles. The lowest BCUT2D eigenvalue weighted by Gasteiger charge is -2.46. The van der Waals surface area contributed by atoms with E-state index in [1.54, 1.807) is 39.2 Å². The first kappa shape index (κ1) is 26.6. The molecule has 0 bridgehead atoms. The van der Waals surface area contributed by atoms with Crippen molar-refractivity contribution in [3.8, 4) is 22.6 Å². The van der Waals surface area contributed by atoms with Crippen LogP contribution in [0.15, 0.2) is 72.8 Å². The molecule has 8 heteroatoms. The molecule has 0 aliphatic carbocycles. The topological polar surface area (TPSA) is 106 Å². The molecule has 1 heterocycles. The number of methoxy groups -OCH3 is 2. The van der Waals surface area contributed by atoms with Gasteiger partial charge in [-0.2, -0.15) is 0 Å². The number of rotatable bonds is 8. The lowest BCUT2D eigenvalue weighted by atomic mass is 9.89. The molecule has 1 fully saturated rings. The predicted molar refractivity (Wildman–Crippen MR) is 138 cm³/mol. The summed E-state index contributed by atoms with van der Waals surface area (Å²) in [5.74, 6) is 0.729. The van der Waals surface area contributed by atoms with Crippen LogP contribution >= 0.6 is 0 Å². The highest BCUT2D eigenvalue weighted by Gasteiger charge is 2.50. The second-order valence-corrected chi connectivity index (χ2v) is 9.45. The van der Waals surface area contributed by atoms with Crippen LogP contribution in [0.2, 0.25) is 0 Å². The minimum atomic E-state index is -1.35. The monoisotopic (exact) mass is 507 g/mol. The van der Waals surface area contributed by atoms with Crippen molar-refractivity contribution >= 4 is 5.91 Å². The van der Waals surface area contributed by atoms with E-state index >= 15 is 0 Å². The van der Waals surface area contributed by atoms with Gasteiger partial charge in [0.2, 0.25) is 6.29 Å². The molecule has 37 heavy (non-hydrogen) atoms. The van der Waals surface area contributed by atoms with E-state index in [0.29, 0.717) is 29.2 Å². The Morgan fingerprint density at radius 1 is 0.946 bits per heavy atom. The van der Waals surface area contributed by atoms with Crippen LogP contribution < -0.4 is 14.8 Å². The highest BCUT2D eigenvalue weighted by Crippen LogP contribution is 2.34. The molecule has 4 rings (SSSR count). The summed E-state index contributed by atoms with van der Waals surface area (Å²) in [6, 6.07) is 22.1.